The van der Waals surface area contributed by atoms with Gasteiger partial charge in [-0.2, -0.15) is 28.9 Å². The normalized spacial score (nSPS) is 17.6. The van der Waals surface area contributed by atoms with Crippen molar-refractivity contribution in [2.45, 2.75) is 18.6 Å². The number of ether oxygens (including phenoxy) is 1. The maximum absolute atomic E-state index is 13.0. The molecular weight excluding hydrogens is 356 g/mol. The van der Waals surface area contributed by atoms with Gasteiger partial charge in [0.05, 0.1) is 6.04 Å². The highest BCUT2D eigenvalue weighted by atomic mass is 32.1. The van der Waals surface area contributed by atoms with Crippen molar-refractivity contribution >= 4 is 11.3 Å². The van der Waals surface area contributed by atoms with Gasteiger partial charge in [-0.3, -0.25) is 4.90 Å². The van der Waals surface area contributed by atoms with Crippen molar-refractivity contribution in [1.29, 1.82) is 0 Å². The molecule has 3 nitrogen and oxygen atoms in total. The van der Waals surface area contributed by atoms with Gasteiger partial charge in [-0.25, -0.2) is 0 Å². The molecule has 3 rings (SSSR count). The van der Waals surface area contributed by atoms with Gasteiger partial charge in [-0.1, -0.05) is 12.1 Å². The van der Waals surface area contributed by atoms with E-state index in [1.165, 1.54) is 12.1 Å². The van der Waals surface area contributed by atoms with E-state index < -0.39 is 12.5 Å². The van der Waals surface area contributed by atoms with Crippen LogP contribution in [0.2, 0.25) is 0 Å². The summed E-state index contributed by atoms with van der Waals surface area (Å²) in [6.45, 7) is 3.48. The van der Waals surface area contributed by atoms with E-state index in [0.717, 1.165) is 37.3 Å². The minimum atomic E-state index is -4.49. The minimum absolute atomic E-state index is 0.00184. The summed E-state index contributed by atoms with van der Waals surface area (Å²) in [5.41, 5.74) is 2.03. The number of hydrogen-bond donors (Lipinski definition) is 1. The van der Waals surface area contributed by atoms with Crippen molar-refractivity contribution in [3.05, 3.63) is 52.2 Å². The van der Waals surface area contributed by atoms with Crippen LogP contribution in [0.4, 0.5) is 17.6 Å². The summed E-state index contributed by atoms with van der Waals surface area (Å²) in [4.78, 5) is 2.31. The molecule has 136 valence electrons. The lowest BCUT2D eigenvalue weighted by molar-refractivity contribution is -0.253. The Morgan fingerprint density at radius 2 is 1.72 bits per heavy atom. The lowest BCUT2D eigenvalue weighted by atomic mass is 9.98. The maximum atomic E-state index is 13.0. The number of nitrogens with zero attached hydrogens (tertiary/aromatic N) is 1. The predicted octanol–water partition coefficient (Wildman–Crippen LogP) is 3.98. The Bertz CT molecular complexity index is 658. The van der Waals surface area contributed by atoms with Crippen LogP contribution in [0.15, 0.2) is 41.1 Å². The average molecular weight is 374 g/mol. The lowest BCUT2D eigenvalue weighted by Gasteiger charge is -2.35. The van der Waals surface area contributed by atoms with Gasteiger partial charge in [0.25, 0.3) is 0 Å². The molecule has 0 aliphatic carbocycles. The summed E-state index contributed by atoms with van der Waals surface area (Å²) in [7, 11) is 0. The zero-order valence-corrected chi connectivity index (χ0v) is 14.1. The zero-order chi connectivity index (χ0) is 17.9. The van der Waals surface area contributed by atoms with Crippen molar-refractivity contribution in [1.82, 2.24) is 10.2 Å². The second-order valence-corrected chi connectivity index (χ2v) is 6.56. The Hall–Kier alpha value is -1.64. The number of hydrogen-bond acceptors (Lipinski definition) is 4. The first-order valence-electron chi connectivity index (χ1n) is 7.89. The van der Waals surface area contributed by atoms with Crippen molar-refractivity contribution in [3.63, 3.8) is 0 Å². The molecule has 1 aromatic carbocycles. The predicted molar refractivity (Wildman–Crippen MR) is 88.6 cm³/mol. The summed E-state index contributed by atoms with van der Waals surface area (Å²) in [5, 5.41) is 7.35. The first-order valence-corrected chi connectivity index (χ1v) is 8.83. The van der Waals surface area contributed by atoms with Crippen LogP contribution < -0.4 is 10.1 Å². The van der Waals surface area contributed by atoms with Gasteiger partial charge in [0.15, 0.2) is 0 Å². The third-order valence-electron chi connectivity index (χ3n) is 4.08. The molecule has 0 saturated carbocycles. The molecule has 1 N–H and O–H groups in total. The fraction of sp³-hybridized carbons (Fsp3) is 0.412. The first-order chi connectivity index (χ1) is 12.0. The Morgan fingerprint density at radius 3 is 2.28 bits per heavy atom. The molecule has 0 bridgehead atoms. The number of piperazine rings is 1. The molecule has 1 aliphatic heterocycles. The molecule has 1 aliphatic rings. The van der Waals surface area contributed by atoms with E-state index >= 15 is 0 Å². The molecule has 2 aromatic rings. The van der Waals surface area contributed by atoms with Crippen molar-refractivity contribution in [3.8, 4) is 5.75 Å². The second-order valence-electron chi connectivity index (χ2n) is 5.78. The van der Waals surface area contributed by atoms with Crippen LogP contribution in [-0.4, -0.2) is 43.6 Å². The Balaban J connectivity index is 1.82. The average Bonchev–Trinajstić information content (AvgIpc) is 3.11. The topological polar surface area (TPSA) is 24.5 Å². The van der Waals surface area contributed by atoms with Crippen molar-refractivity contribution in [2.24, 2.45) is 0 Å². The number of benzene rings is 1. The molecule has 8 heteroatoms. The van der Waals surface area contributed by atoms with Crippen LogP contribution in [0, 0.1) is 0 Å². The summed E-state index contributed by atoms with van der Waals surface area (Å²) in [5.74, 6) is -0.279. The summed E-state index contributed by atoms with van der Waals surface area (Å²) in [6, 6.07) is 7.97. The fourth-order valence-electron chi connectivity index (χ4n) is 2.90. The molecule has 0 unspecified atom stereocenters. The molecule has 1 fully saturated rings. The highest BCUT2D eigenvalue weighted by Crippen LogP contribution is 2.33. The minimum Gasteiger partial charge on any atom is -0.428 e. The van der Waals surface area contributed by atoms with E-state index in [4.69, 9.17) is 0 Å². The fourth-order valence-corrected chi connectivity index (χ4v) is 3.58. The largest absolute Gasteiger partial charge is 0.461 e. The van der Waals surface area contributed by atoms with E-state index in [1.807, 2.05) is 11.4 Å². The highest BCUT2D eigenvalue weighted by molar-refractivity contribution is 7.08. The Kier molecular flexibility index (Phi) is 5.61. The first kappa shape index (κ1) is 18.2. The molecule has 0 spiro atoms. The van der Waals surface area contributed by atoms with Gasteiger partial charge in [0.1, 0.15) is 5.75 Å². The third-order valence-corrected chi connectivity index (χ3v) is 4.78. The van der Waals surface area contributed by atoms with E-state index in [9.17, 15) is 17.6 Å². The van der Waals surface area contributed by atoms with E-state index in [-0.39, 0.29) is 11.8 Å². The summed E-state index contributed by atoms with van der Waals surface area (Å²) >= 11 is 1.59. The molecule has 25 heavy (non-hydrogen) atoms. The van der Waals surface area contributed by atoms with Gasteiger partial charge >= 0.3 is 12.5 Å². The van der Waals surface area contributed by atoms with Crippen molar-refractivity contribution < 1.29 is 22.3 Å². The van der Waals surface area contributed by atoms with Gasteiger partial charge in [0.2, 0.25) is 0 Å². The molecule has 2 heterocycles. The molecule has 0 amide bonds. The van der Waals surface area contributed by atoms with Gasteiger partial charge < -0.3 is 10.1 Å². The van der Waals surface area contributed by atoms with Gasteiger partial charge in [-0.15, -0.1) is 0 Å². The van der Waals surface area contributed by atoms with Crippen LogP contribution in [0.25, 0.3) is 0 Å². The van der Waals surface area contributed by atoms with Crippen LogP contribution in [-0.2, 0) is 0 Å². The van der Waals surface area contributed by atoms with Crippen molar-refractivity contribution in [2.75, 3.05) is 26.2 Å². The number of rotatable bonds is 6. The number of alkyl halides is 4. The highest BCUT2D eigenvalue weighted by Gasteiger charge is 2.44. The smallest absolute Gasteiger partial charge is 0.428 e. The zero-order valence-electron chi connectivity index (χ0n) is 13.3. The van der Waals surface area contributed by atoms with E-state index in [1.54, 1.807) is 23.5 Å². The lowest BCUT2D eigenvalue weighted by Crippen LogP contribution is -2.45. The van der Waals surface area contributed by atoms with Gasteiger partial charge in [-0.05, 0) is 40.1 Å². The molecule has 1 atom stereocenters. The SMILES string of the molecule is FC(F)C(F)(F)Oc1ccc([C@H](c2ccsc2)N2CCNCC2)cc1. The molecular formula is C17H18F4N2OS. The molecule has 1 saturated heterocycles. The quantitative estimate of drug-likeness (QED) is 0.774. The van der Waals surface area contributed by atoms with Crippen LogP contribution in [0.1, 0.15) is 17.2 Å². The van der Waals surface area contributed by atoms with E-state index in [2.05, 4.69) is 20.3 Å². The monoisotopic (exact) mass is 374 g/mol. The van der Waals surface area contributed by atoms with Gasteiger partial charge in [0, 0.05) is 26.2 Å². The number of thiophene rings is 1. The standard InChI is InChI=1S/C17H18F4N2OS/c18-16(19)17(20,21)24-14-3-1-12(2-4-14)15(13-5-10-25-11-13)23-8-6-22-7-9-23/h1-5,10-11,15-16,22H,6-9H2/t15-/m1/s1. The number of nitrogens with one attached hydrogen (secondary N) is 1. The maximum Gasteiger partial charge on any atom is 0.461 e. The van der Waals surface area contributed by atoms with Crippen LogP contribution >= 0.6 is 11.3 Å². The van der Waals surface area contributed by atoms with Crippen LogP contribution in [0.3, 0.4) is 0 Å². The van der Waals surface area contributed by atoms with E-state index in [0.29, 0.717) is 0 Å². The summed E-state index contributed by atoms with van der Waals surface area (Å²) < 4.78 is 54.7. The Morgan fingerprint density at radius 1 is 1.04 bits per heavy atom. The third kappa shape index (κ3) is 4.31. The summed E-state index contributed by atoms with van der Waals surface area (Å²) in [6.07, 6.45) is -8.36. The molecule has 1 aromatic heterocycles. The second kappa shape index (κ2) is 7.72. The number of halogens is 4. The molecule has 0 radical (unpaired) electrons. The van der Waals surface area contributed by atoms with Crippen LogP contribution in [0.5, 0.6) is 5.75 Å². The Labute approximate surface area is 147 Å².